The van der Waals surface area contributed by atoms with Gasteiger partial charge in [0.05, 0.1) is 16.9 Å². The van der Waals surface area contributed by atoms with Crippen LogP contribution in [0.3, 0.4) is 0 Å². The number of hydrogen-bond acceptors (Lipinski definition) is 2. The van der Waals surface area contributed by atoms with Crippen molar-refractivity contribution in [1.82, 2.24) is 0 Å². The number of carbonyl (C=O) groups is 2. The van der Waals surface area contributed by atoms with Crippen LogP contribution in [-0.4, -0.2) is 17.0 Å². The van der Waals surface area contributed by atoms with E-state index in [1.54, 1.807) is 18.2 Å². The highest BCUT2D eigenvalue weighted by atomic mass is 79.9. The van der Waals surface area contributed by atoms with E-state index in [9.17, 15) is 9.59 Å². The van der Waals surface area contributed by atoms with Gasteiger partial charge in [0.15, 0.2) is 0 Å². The number of carbonyl (C=O) groups excluding carboxylic acids is 1. The van der Waals surface area contributed by atoms with Crippen molar-refractivity contribution in [2.45, 2.75) is 19.3 Å². The molecule has 102 valence electrons. The summed E-state index contributed by atoms with van der Waals surface area (Å²) in [7, 11) is 0. The highest BCUT2D eigenvalue weighted by Crippen LogP contribution is 2.33. The Labute approximate surface area is 124 Å². The molecule has 0 bridgehead atoms. The summed E-state index contributed by atoms with van der Waals surface area (Å²) in [4.78, 5) is 23.2. The number of hydrogen-bond donors (Lipinski definition) is 2. The molecule has 0 saturated heterocycles. The minimum atomic E-state index is -0.897. The lowest BCUT2D eigenvalue weighted by atomic mass is 9.95. The van der Waals surface area contributed by atoms with Crippen LogP contribution in [0.4, 0.5) is 5.69 Å². The van der Waals surface area contributed by atoms with Crippen LogP contribution in [0.15, 0.2) is 22.7 Å². The molecule has 4 nitrogen and oxygen atoms in total. The van der Waals surface area contributed by atoms with Crippen LogP contribution in [0.25, 0.3) is 0 Å². The first-order valence-electron chi connectivity index (χ1n) is 5.98. The topological polar surface area (TPSA) is 66.4 Å². The van der Waals surface area contributed by atoms with E-state index in [1.807, 2.05) is 0 Å². The van der Waals surface area contributed by atoms with E-state index in [0.717, 1.165) is 10.9 Å². The first-order valence-corrected chi connectivity index (χ1v) is 7.15. The van der Waals surface area contributed by atoms with Crippen LogP contribution in [0.5, 0.6) is 0 Å². The SMILES string of the molecule is O=C(O)[C@H]1CCC[C@H]1C(=O)Nc1ccc(Br)c(Cl)c1. The molecule has 0 heterocycles. The summed E-state index contributed by atoms with van der Waals surface area (Å²) in [5.41, 5.74) is 0.578. The second-order valence-electron chi connectivity index (χ2n) is 4.60. The van der Waals surface area contributed by atoms with Gasteiger partial charge in [0.1, 0.15) is 0 Å². The molecule has 6 heteroatoms. The Kier molecular flexibility index (Phi) is 4.47. The summed E-state index contributed by atoms with van der Waals surface area (Å²) < 4.78 is 0.747. The molecule has 2 rings (SSSR count). The van der Waals surface area contributed by atoms with Crippen LogP contribution in [0, 0.1) is 11.8 Å². The summed E-state index contributed by atoms with van der Waals surface area (Å²) >= 11 is 9.21. The predicted molar refractivity (Wildman–Crippen MR) is 76.2 cm³/mol. The van der Waals surface area contributed by atoms with Gasteiger partial charge in [0.2, 0.25) is 5.91 Å². The number of benzene rings is 1. The summed E-state index contributed by atoms with van der Waals surface area (Å²) in [5, 5.41) is 12.3. The lowest BCUT2D eigenvalue weighted by Gasteiger charge is -2.15. The lowest BCUT2D eigenvalue weighted by molar-refractivity contribution is -0.145. The lowest BCUT2D eigenvalue weighted by Crippen LogP contribution is -2.29. The van der Waals surface area contributed by atoms with Gasteiger partial charge < -0.3 is 10.4 Å². The van der Waals surface area contributed by atoms with Gasteiger partial charge in [-0.25, -0.2) is 0 Å². The molecule has 0 aromatic heterocycles. The van der Waals surface area contributed by atoms with Gasteiger partial charge in [0.25, 0.3) is 0 Å². The summed E-state index contributed by atoms with van der Waals surface area (Å²) in [6.07, 6.45) is 1.96. The molecule has 0 radical (unpaired) electrons. The van der Waals surface area contributed by atoms with Crippen molar-refractivity contribution < 1.29 is 14.7 Å². The third kappa shape index (κ3) is 3.28. The minimum Gasteiger partial charge on any atom is -0.481 e. The van der Waals surface area contributed by atoms with E-state index in [-0.39, 0.29) is 5.91 Å². The zero-order chi connectivity index (χ0) is 14.0. The van der Waals surface area contributed by atoms with Crippen molar-refractivity contribution >= 4 is 45.1 Å². The van der Waals surface area contributed by atoms with Gasteiger partial charge in [-0.1, -0.05) is 18.0 Å². The molecular formula is C13H13BrClNO3. The summed E-state index contributed by atoms with van der Waals surface area (Å²) in [5.74, 6) is -2.18. The van der Waals surface area contributed by atoms with Crippen LogP contribution in [-0.2, 0) is 9.59 Å². The van der Waals surface area contributed by atoms with Crippen molar-refractivity contribution in [1.29, 1.82) is 0 Å². The number of anilines is 1. The Morgan fingerprint density at radius 1 is 1.32 bits per heavy atom. The molecule has 1 aromatic carbocycles. The third-order valence-electron chi connectivity index (χ3n) is 3.36. The zero-order valence-corrected chi connectivity index (χ0v) is 12.4. The number of carboxylic acid groups (broad SMARTS) is 1. The summed E-state index contributed by atoms with van der Waals surface area (Å²) in [6.45, 7) is 0. The molecule has 1 aliphatic carbocycles. The first-order chi connectivity index (χ1) is 8.99. The number of aliphatic carboxylic acids is 1. The second-order valence-corrected chi connectivity index (χ2v) is 5.86. The highest BCUT2D eigenvalue weighted by Gasteiger charge is 2.37. The summed E-state index contributed by atoms with van der Waals surface area (Å²) in [6, 6.07) is 5.09. The predicted octanol–water partition coefficient (Wildman–Crippen LogP) is 3.54. The quantitative estimate of drug-likeness (QED) is 0.879. The molecule has 1 amide bonds. The molecular weight excluding hydrogens is 334 g/mol. The van der Waals surface area contributed by atoms with Gasteiger partial charge >= 0.3 is 5.97 Å². The fourth-order valence-electron chi connectivity index (χ4n) is 2.38. The molecule has 0 unspecified atom stereocenters. The van der Waals surface area contributed by atoms with E-state index in [4.69, 9.17) is 16.7 Å². The third-order valence-corrected chi connectivity index (χ3v) is 4.59. The largest absolute Gasteiger partial charge is 0.481 e. The van der Waals surface area contributed by atoms with Crippen LogP contribution >= 0.6 is 27.5 Å². The van der Waals surface area contributed by atoms with Gasteiger partial charge in [-0.3, -0.25) is 9.59 Å². The molecule has 2 atom stereocenters. The number of rotatable bonds is 3. The number of halogens is 2. The average Bonchev–Trinajstić information content (AvgIpc) is 2.83. The number of amides is 1. The van der Waals surface area contributed by atoms with Crippen molar-refractivity contribution in [2.75, 3.05) is 5.32 Å². The Hall–Kier alpha value is -1.07. The highest BCUT2D eigenvalue weighted by molar-refractivity contribution is 9.10. The maximum absolute atomic E-state index is 12.1. The smallest absolute Gasteiger partial charge is 0.307 e. The molecule has 1 aliphatic rings. The molecule has 0 aliphatic heterocycles. The zero-order valence-electron chi connectivity index (χ0n) is 10.0. The average molecular weight is 347 g/mol. The molecule has 1 fully saturated rings. The Balaban J connectivity index is 2.08. The Bertz CT molecular complexity index is 521. The second kappa shape index (κ2) is 5.92. The van der Waals surface area contributed by atoms with Gasteiger partial charge in [-0.2, -0.15) is 0 Å². The van der Waals surface area contributed by atoms with E-state index in [1.165, 1.54) is 0 Å². The van der Waals surface area contributed by atoms with Crippen molar-refractivity contribution in [3.63, 3.8) is 0 Å². The monoisotopic (exact) mass is 345 g/mol. The van der Waals surface area contributed by atoms with Gasteiger partial charge in [-0.05, 0) is 47.0 Å². The fraction of sp³-hybridized carbons (Fsp3) is 0.385. The number of nitrogens with one attached hydrogen (secondary N) is 1. The first kappa shape index (κ1) is 14.3. The van der Waals surface area contributed by atoms with E-state index in [2.05, 4.69) is 21.2 Å². The van der Waals surface area contributed by atoms with Crippen LogP contribution in [0.2, 0.25) is 5.02 Å². The van der Waals surface area contributed by atoms with Crippen LogP contribution < -0.4 is 5.32 Å². The van der Waals surface area contributed by atoms with E-state index in [0.29, 0.717) is 23.6 Å². The maximum atomic E-state index is 12.1. The fourth-order valence-corrected chi connectivity index (χ4v) is 2.81. The van der Waals surface area contributed by atoms with Crippen molar-refractivity contribution in [3.8, 4) is 0 Å². The molecule has 2 N–H and O–H groups in total. The maximum Gasteiger partial charge on any atom is 0.307 e. The van der Waals surface area contributed by atoms with E-state index < -0.39 is 17.8 Å². The van der Waals surface area contributed by atoms with E-state index >= 15 is 0 Å². The molecule has 19 heavy (non-hydrogen) atoms. The van der Waals surface area contributed by atoms with Gasteiger partial charge in [0, 0.05) is 10.2 Å². The van der Waals surface area contributed by atoms with Crippen LogP contribution in [0.1, 0.15) is 19.3 Å². The molecule has 1 saturated carbocycles. The molecule has 1 aromatic rings. The molecule has 0 spiro atoms. The minimum absolute atomic E-state index is 0.247. The standard InChI is InChI=1S/C13H13BrClNO3/c14-10-5-4-7(6-11(10)15)16-12(17)8-2-1-3-9(8)13(18)19/h4-6,8-9H,1-3H2,(H,16,17)(H,18,19)/t8-,9+/m1/s1. The Morgan fingerprint density at radius 3 is 2.63 bits per heavy atom. The van der Waals surface area contributed by atoms with Gasteiger partial charge in [-0.15, -0.1) is 0 Å². The number of carboxylic acids is 1. The van der Waals surface area contributed by atoms with Crippen molar-refractivity contribution in [3.05, 3.63) is 27.7 Å². The normalized spacial score (nSPS) is 22.2. The Morgan fingerprint density at radius 2 is 2.00 bits per heavy atom. The van der Waals surface area contributed by atoms with Crippen molar-refractivity contribution in [2.24, 2.45) is 11.8 Å².